The van der Waals surface area contributed by atoms with Gasteiger partial charge in [-0.3, -0.25) is 4.79 Å². The lowest BCUT2D eigenvalue weighted by Gasteiger charge is -1.99. The van der Waals surface area contributed by atoms with E-state index in [0.717, 1.165) is 0 Å². The minimum Gasteiger partial charge on any atom is -0.469 e. The first kappa shape index (κ1) is 10.3. The zero-order chi connectivity index (χ0) is 10.4. The second kappa shape index (κ2) is 5.07. The Labute approximate surface area is 82.5 Å². The zero-order valence-electron chi connectivity index (χ0n) is 8.04. The summed E-state index contributed by atoms with van der Waals surface area (Å²) in [6, 6.07) is 3.70. The molecule has 14 heavy (non-hydrogen) atoms. The molecule has 0 aliphatic carbocycles. The Kier molecular flexibility index (Phi) is 3.74. The molecule has 0 aliphatic heterocycles. The van der Waals surface area contributed by atoms with Gasteiger partial charge in [0.05, 0.1) is 11.6 Å². The highest BCUT2D eigenvalue weighted by atomic mass is 16.3. The van der Waals surface area contributed by atoms with Crippen LogP contribution in [0.3, 0.4) is 0 Å². The Morgan fingerprint density at radius 1 is 1.71 bits per heavy atom. The second-order valence-corrected chi connectivity index (χ2v) is 2.96. The quantitative estimate of drug-likeness (QED) is 0.737. The van der Waals surface area contributed by atoms with Gasteiger partial charge in [-0.15, -0.1) is 0 Å². The molecule has 0 unspecified atom stereocenters. The highest BCUT2D eigenvalue weighted by molar-refractivity contribution is 5.93. The molecule has 0 aromatic carbocycles. The Bertz CT molecular complexity index is 349. The third-order valence-corrected chi connectivity index (χ3v) is 1.74. The summed E-state index contributed by atoms with van der Waals surface area (Å²) in [4.78, 5) is 11.4. The molecular formula is C10H12N2O2. The van der Waals surface area contributed by atoms with Crippen molar-refractivity contribution in [2.45, 2.75) is 19.8 Å². The van der Waals surface area contributed by atoms with E-state index in [9.17, 15) is 4.79 Å². The lowest BCUT2D eigenvalue weighted by atomic mass is 10.3. The van der Waals surface area contributed by atoms with Crippen molar-refractivity contribution in [3.8, 4) is 6.07 Å². The molecule has 1 aromatic heterocycles. The molecule has 0 atom stereocenters. The molecule has 0 saturated heterocycles. The first-order valence-corrected chi connectivity index (χ1v) is 4.44. The highest BCUT2D eigenvalue weighted by Crippen LogP contribution is 2.05. The number of hydrogen-bond donors (Lipinski definition) is 1. The van der Waals surface area contributed by atoms with Gasteiger partial charge in [0, 0.05) is 13.0 Å². The Morgan fingerprint density at radius 3 is 3.07 bits per heavy atom. The molecule has 1 heterocycles. The van der Waals surface area contributed by atoms with Crippen molar-refractivity contribution in [2.75, 3.05) is 6.54 Å². The Hall–Kier alpha value is -1.76. The number of aryl methyl sites for hydroxylation is 1. The maximum Gasteiger partial charge on any atom is 0.254 e. The fraction of sp³-hybridized carbons (Fsp3) is 0.400. The zero-order valence-corrected chi connectivity index (χ0v) is 8.04. The predicted molar refractivity (Wildman–Crippen MR) is 50.6 cm³/mol. The van der Waals surface area contributed by atoms with Crippen LogP contribution in [0.5, 0.6) is 0 Å². The molecule has 4 heteroatoms. The van der Waals surface area contributed by atoms with Crippen molar-refractivity contribution in [3.63, 3.8) is 0 Å². The van der Waals surface area contributed by atoms with E-state index in [1.807, 2.05) is 6.07 Å². The van der Waals surface area contributed by atoms with Crippen LogP contribution in [0.4, 0.5) is 0 Å². The van der Waals surface area contributed by atoms with Crippen LogP contribution in [0.1, 0.15) is 29.0 Å². The topological polar surface area (TPSA) is 66.0 Å². The number of furan rings is 1. The number of carbonyl (C=O) groups is 1. The Balaban J connectivity index is 2.33. The molecule has 0 radical (unpaired) electrons. The number of rotatable bonds is 4. The Morgan fingerprint density at radius 2 is 2.50 bits per heavy atom. The minimum atomic E-state index is -0.153. The summed E-state index contributed by atoms with van der Waals surface area (Å²) in [6.45, 7) is 2.31. The number of carbonyl (C=O) groups excluding carboxylic acids is 1. The highest BCUT2D eigenvalue weighted by Gasteiger charge is 2.06. The van der Waals surface area contributed by atoms with Crippen LogP contribution < -0.4 is 5.32 Å². The predicted octanol–water partition coefficient (Wildman–Crippen LogP) is 1.62. The van der Waals surface area contributed by atoms with Gasteiger partial charge < -0.3 is 9.73 Å². The largest absolute Gasteiger partial charge is 0.469 e. The van der Waals surface area contributed by atoms with E-state index in [0.29, 0.717) is 30.7 Å². The monoisotopic (exact) mass is 192 g/mol. The maximum absolute atomic E-state index is 11.4. The molecule has 0 fully saturated rings. The molecule has 0 bridgehead atoms. The van der Waals surface area contributed by atoms with Crippen LogP contribution >= 0.6 is 0 Å². The summed E-state index contributed by atoms with van der Waals surface area (Å²) in [6.07, 6.45) is 2.57. The summed E-state index contributed by atoms with van der Waals surface area (Å²) < 4.78 is 5.00. The number of amides is 1. The van der Waals surface area contributed by atoms with E-state index in [1.54, 1.807) is 13.0 Å². The van der Waals surface area contributed by atoms with Crippen LogP contribution in [0.15, 0.2) is 16.7 Å². The van der Waals surface area contributed by atoms with Gasteiger partial charge in [-0.2, -0.15) is 5.26 Å². The molecule has 1 aromatic rings. The minimum absolute atomic E-state index is 0.153. The second-order valence-electron chi connectivity index (χ2n) is 2.96. The summed E-state index contributed by atoms with van der Waals surface area (Å²) in [7, 11) is 0. The lowest BCUT2D eigenvalue weighted by Crippen LogP contribution is -2.23. The van der Waals surface area contributed by atoms with Crippen molar-refractivity contribution in [1.82, 2.24) is 5.32 Å². The van der Waals surface area contributed by atoms with Crippen LogP contribution in [0.2, 0.25) is 0 Å². The average molecular weight is 192 g/mol. The first-order valence-electron chi connectivity index (χ1n) is 4.44. The molecule has 1 amide bonds. The van der Waals surface area contributed by atoms with E-state index in [1.165, 1.54) is 6.26 Å². The molecule has 0 aliphatic rings. The van der Waals surface area contributed by atoms with Gasteiger partial charge in [0.1, 0.15) is 12.0 Å². The summed E-state index contributed by atoms with van der Waals surface area (Å²) in [5.41, 5.74) is 0.527. The van der Waals surface area contributed by atoms with Crippen molar-refractivity contribution in [1.29, 1.82) is 5.26 Å². The molecule has 4 nitrogen and oxygen atoms in total. The van der Waals surface area contributed by atoms with E-state index in [4.69, 9.17) is 9.68 Å². The number of nitriles is 1. The average Bonchev–Trinajstić information content (AvgIpc) is 2.59. The summed E-state index contributed by atoms with van der Waals surface area (Å²) in [5, 5.41) is 11.0. The van der Waals surface area contributed by atoms with Gasteiger partial charge in [0.15, 0.2) is 0 Å². The van der Waals surface area contributed by atoms with E-state index in [2.05, 4.69) is 5.32 Å². The third-order valence-electron chi connectivity index (χ3n) is 1.74. The van der Waals surface area contributed by atoms with E-state index < -0.39 is 0 Å². The molecule has 74 valence electrons. The van der Waals surface area contributed by atoms with E-state index in [-0.39, 0.29) is 5.91 Å². The fourth-order valence-corrected chi connectivity index (χ4v) is 1.03. The number of unbranched alkanes of at least 4 members (excludes halogenated alkanes) is 1. The third kappa shape index (κ3) is 2.94. The molecule has 0 saturated carbocycles. The number of nitrogens with one attached hydrogen (secondary N) is 1. The van der Waals surface area contributed by atoms with Crippen LogP contribution in [-0.4, -0.2) is 12.5 Å². The van der Waals surface area contributed by atoms with Crippen LogP contribution in [0.25, 0.3) is 0 Å². The normalized spacial score (nSPS) is 9.43. The van der Waals surface area contributed by atoms with E-state index >= 15 is 0 Å². The van der Waals surface area contributed by atoms with Gasteiger partial charge in [-0.05, 0) is 19.4 Å². The van der Waals surface area contributed by atoms with Crippen LogP contribution in [-0.2, 0) is 0 Å². The molecular weight excluding hydrogens is 180 g/mol. The molecule has 1 N–H and O–H groups in total. The SMILES string of the molecule is Cc1cc(C(=O)NCCCC#N)co1. The van der Waals surface area contributed by atoms with Gasteiger partial charge in [-0.1, -0.05) is 0 Å². The van der Waals surface area contributed by atoms with Gasteiger partial charge in [0.25, 0.3) is 5.91 Å². The lowest BCUT2D eigenvalue weighted by molar-refractivity contribution is 0.0952. The van der Waals surface area contributed by atoms with Crippen molar-refractivity contribution in [2.24, 2.45) is 0 Å². The number of hydrogen-bond acceptors (Lipinski definition) is 3. The molecule has 1 rings (SSSR count). The summed E-state index contributed by atoms with van der Waals surface area (Å²) >= 11 is 0. The maximum atomic E-state index is 11.4. The smallest absolute Gasteiger partial charge is 0.254 e. The molecule has 0 spiro atoms. The summed E-state index contributed by atoms with van der Waals surface area (Å²) in [5.74, 6) is 0.562. The van der Waals surface area contributed by atoms with Gasteiger partial charge >= 0.3 is 0 Å². The van der Waals surface area contributed by atoms with Crippen molar-refractivity contribution >= 4 is 5.91 Å². The number of nitrogens with zero attached hydrogens (tertiary/aromatic N) is 1. The van der Waals surface area contributed by atoms with Gasteiger partial charge in [0.2, 0.25) is 0 Å². The van der Waals surface area contributed by atoms with Crippen molar-refractivity contribution in [3.05, 3.63) is 23.7 Å². The first-order chi connectivity index (χ1) is 6.74. The van der Waals surface area contributed by atoms with Gasteiger partial charge in [-0.25, -0.2) is 0 Å². The fourth-order valence-electron chi connectivity index (χ4n) is 1.03. The van der Waals surface area contributed by atoms with Crippen LogP contribution in [0, 0.1) is 18.3 Å². The van der Waals surface area contributed by atoms with Crippen molar-refractivity contribution < 1.29 is 9.21 Å². The standard InChI is InChI=1S/C10H12N2O2/c1-8-6-9(7-14-8)10(13)12-5-3-2-4-11/h6-7H,2-3,5H2,1H3,(H,12,13).